The highest BCUT2D eigenvalue weighted by molar-refractivity contribution is 6.28. The number of halogens is 1. The van der Waals surface area contributed by atoms with E-state index in [9.17, 15) is 5.11 Å². The molecule has 1 saturated carbocycles. The van der Waals surface area contributed by atoms with Crippen molar-refractivity contribution in [2.75, 3.05) is 30.3 Å². The van der Waals surface area contributed by atoms with Crippen molar-refractivity contribution in [3.05, 3.63) is 5.28 Å². The van der Waals surface area contributed by atoms with E-state index in [1.807, 2.05) is 0 Å². The zero-order valence-corrected chi connectivity index (χ0v) is 13.3. The highest BCUT2D eigenvalue weighted by Gasteiger charge is 2.31. The van der Waals surface area contributed by atoms with E-state index in [0.717, 1.165) is 25.8 Å². The topological polar surface area (TPSA) is 83.0 Å². The molecule has 1 heterocycles. The Kier molecular flexibility index (Phi) is 5.99. The lowest BCUT2D eigenvalue weighted by atomic mass is 9.74. The second-order valence-corrected chi connectivity index (χ2v) is 6.09. The Morgan fingerprint density at radius 3 is 2.38 bits per heavy atom. The zero-order chi connectivity index (χ0) is 15.1. The van der Waals surface area contributed by atoms with Crippen LogP contribution >= 0.6 is 11.6 Å². The van der Waals surface area contributed by atoms with Gasteiger partial charge < -0.3 is 15.7 Å². The molecule has 0 amide bonds. The molecule has 0 bridgehead atoms. The molecule has 118 valence electrons. The maximum absolute atomic E-state index is 9.71. The Morgan fingerprint density at radius 1 is 1.10 bits per heavy atom. The molecule has 0 radical (unpaired) electrons. The summed E-state index contributed by atoms with van der Waals surface area (Å²) < 4.78 is 0. The van der Waals surface area contributed by atoms with E-state index in [1.165, 1.54) is 19.3 Å². The van der Waals surface area contributed by atoms with Gasteiger partial charge in [-0.15, -0.1) is 0 Å². The van der Waals surface area contributed by atoms with Crippen LogP contribution in [0.15, 0.2) is 0 Å². The first kappa shape index (κ1) is 16.2. The van der Waals surface area contributed by atoms with Crippen LogP contribution < -0.4 is 10.6 Å². The number of hydrogen-bond donors (Lipinski definition) is 3. The van der Waals surface area contributed by atoms with Gasteiger partial charge >= 0.3 is 0 Å². The van der Waals surface area contributed by atoms with Crippen LogP contribution in [0.4, 0.5) is 11.9 Å². The number of anilines is 2. The van der Waals surface area contributed by atoms with Gasteiger partial charge in [-0.2, -0.15) is 15.0 Å². The van der Waals surface area contributed by atoms with Crippen LogP contribution in [0.2, 0.25) is 5.28 Å². The molecule has 0 aliphatic heterocycles. The Morgan fingerprint density at radius 2 is 1.76 bits per heavy atom. The molecule has 2 rings (SSSR count). The van der Waals surface area contributed by atoms with Gasteiger partial charge in [0.15, 0.2) is 0 Å². The highest BCUT2D eigenvalue weighted by atomic mass is 35.5. The van der Waals surface area contributed by atoms with Gasteiger partial charge in [0, 0.05) is 18.5 Å². The molecule has 1 aromatic heterocycles. The molecule has 6 nitrogen and oxygen atoms in total. The molecule has 1 aliphatic carbocycles. The molecule has 1 aromatic rings. The highest BCUT2D eigenvalue weighted by Crippen LogP contribution is 2.35. The van der Waals surface area contributed by atoms with E-state index in [2.05, 4.69) is 32.5 Å². The van der Waals surface area contributed by atoms with Crippen molar-refractivity contribution in [2.24, 2.45) is 5.41 Å². The van der Waals surface area contributed by atoms with Crippen molar-refractivity contribution in [2.45, 2.75) is 45.4 Å². The van der Waals surface area contributed by atoms with Crippen LogP contribution in [0.3, 0.4) is 0 Å². The number of nitrogens with one attached hydrogen (secondary N) is 2. The van der Waals surface area contributed by atoms with E-state index in [-0.39, 0.29) is 17.3 Å². The number of aliphatic hydroxyl groups is 1. The summed E-state index contributed by atoms with van der Waals surface area (Å²) in [5, 5.41) is 16.2. The van der Waals surface area contributed by atoms with E-state index >= 15 is 0 Å². The van der Waals surface area contributed by atoms with Crippen molar-refractivity contribution in [3.8, 4) is 0 Å². The fraction of sp³-hybridized carbons (Fsp3) is 0.786. The minimum absolute atomic E-state index is 0.0611. The first-order valence-electron chi connectivity index (χ1n) is 7.68. The van der Waals surface area contributed by atoms with Gasteiger partial charge in [0.1, 0.15) is 0 Å². The number of nitrogens with zero attached hydrogens (tertiary/aromatic N) is 3. The summed E-state index contributed by atoms with van der Waals surface area (Å²) >= 11 is 5.93. The third-order valence-corrected chi connectivity index (χ3v) is 4.18. The number of hydrogen-bond acceptors (Lipinski definition) is 6. The van der Waals surface area contributed by atoms with Gasteiger partial charge in [-0.25, -0.2) is 0 Å². The monoisotopic (exact) mass is 313 g/mol. The fourth-order valence-corrected chi connectivity index (χ4v) is 2.86. The smallest absolute Gasteiger partial charge is 0.228 e. The van der Waals surface area contributed by atoms with Crippen LogP contribution in [0.5, 0.6) is 0 Å². The quantitative estimate of drug-likeness (QED) is 0.718. The molecule has 0 unspecified atom stereocenters. The third kappa shape index (κ3) is 4.68. The van der Waals surface area contributed by atoms with E-state index in [0.29, 0.717) is 18.4 Å². The van der Waals surface area contributed by atoms with Gasteiger partial charge in [0.25, 0.3) is 0 Å². The van der Waals surface area contributed by atoms with E-state index in [1.54, 1.807) is 0 Å². The SMILES string of the molecule is CCCNc1nc(Cl)nc(NCC2(CO)CCCCC2)n1. The predicted molar refractivity (Wildman–Crippen MR) is 84.7 cm³/mol. The molecule has 0 aromatic carbocycles. The molecule has 7 heteroatoms. The lowest BCUT2D eigenvalue weighted by molar-refractivity contribution is 0.0942. The lowest BCUT2D eigenvalue weighted by Gasteiger charge is -2.35. The van der Waals surface area contributed by atoms with Crippen LogP contribution in [-0.2, 0) is 0 Å². The molecular weight excluding hydrogens is 290 g/mol. The average Bonchev–Trinajstić information content (AvgIpc) is 2.51. The second-order valence-electron chi connectivity index (χ2n) is 5.75. The van der Waals surface area contributed by atoms with Gasteiger partial charge in [0.05, 0.1) is 6.61 Å². The molecule has 3 N–H and O–H groups in total. The van der Waals surface area contributed by atoms with Gasteiger partial charge in [-0.3, -0.25) is 0 Å². The number of aliphatic hydroxyl groups excluding tert-OH is 1. The summed E-state index contributed by atoms with van der Waals surface area (Å²) in [4.78, 5) is 12.5. The van der Waals surface area contributed by atoms with E-state index in [4.69, 9.17) is 11.6 Å². The first-order chi connectivity index (χ1) is 10.2. The molecular formula is C14H24ClN5O. The number of rotatable bonds is 7. The summed E-state index contributed by atoms with van der Waals surface area (Å²) in [5.74, 6) is 0.952. The molecule has 1 aliphatic rings. The van der Waals surface area contributed by atoms with Gasteiger partial charge in [-0.1, -0.05) is 26.2 Å². The molecule has 0 spiro atoms. The normalized spacial score (nSPS) is 17.5. The first-order valence-corrected chi connectivity index (χ1v) is 8.05. The van der Waals surface area contributed by atoms with E-state index < -0.39 is 0 Å². The standard InChI is InChI=1S/C14H24ClN5O/c1-2-8-16-12-18-11(15)19-13(20-12)17-9-14(10-21)6-4-3-5-7-14/h21H,2-10H2,1H3,(H2,16,17,18,19,20). The molecule has 21 heavy (non-hydrogen) atoms. The Balaban J connectivity index is 1.99. The summed E-state index contributed by atoms with van der Waals surface area (Å²) in [6.45, 7) is 3.72. The predicted octanol–water partition coefficient (Wildman–Crippen LogP) is 2.70. The fourth-order valence-electron chi connectivity index (χ4n) is 2.70. The lowest BCUT2D eigenvalue weighted by Crippen LogP contribution is -2.36. The summed E-state index contributed by atoms with van der Waals surface area (Å²) in [5.41, 5.74) is -0.0611. The number of aromatic nitrogens is 3. The third-order valence-electron chi connectivity index (χ3n) is 4.01. The van der Waals surface area contributed by atoms with Crippen LogP contribution in [-0.4, -0.2) is 39.8 Å². The summed E-state index contributed by atoms with van der Waals surface area (Å²) in [7, 11) is 0. The maximum Gasteiger partial charge on any atom is 0.228 e. The van der Waals surface area contributed by atoms with Crippen LogP contribution in [0.25, 0.3) is 0 Å². The Hall–Kier alpha value is -1.14. The minimum Gasteiger partial charge on any atom is -0.396 e. The van der Waals surface area contributed by atoms with Crippen LogP contribution in [0.1, 0.15) is 45.4 Å². The largest absolute Gasteiger partial charge is 0.396 e. The summed E-state index contributed by atoms with van der Waals surface area (Å²) in [6.07, 6.45) is 6.66. The van der Waals surface area contributed by atoms with Crippen molar-refractivity contribution in [3.63, 3.8) is 0 Å². The van der Waals surface area contributed by atoms with Gasteiger partial charge in [-0.05, 0) is 30.9 Å². The van der Waals surface area contributed by atoms with Crippen molar-refractivity contribution in [1.82, 2.24) is 15.0 Å². The van der Waals surface area contributed by atoms with Crippen molar-refractivity contribution < 1.29 is 5.11 Å². The van der Waals surface area contributed by atoms with Crippen molar-refractivity contribution in [1.29, 1.82) is 0 Å². The van der Waals surface area contributed by atoms with Crippen molar-refractivity contribution >= 4 is 23.5 Å². The summed E-state index contributed by atoms with van der Waals surface area (Å²) in [6, 6.07) is 0. The second kappa shape index (κ2) is 7.75. The average molecular weight is 314 g/mol. The van der Waals surface area contributed by atoms with Gasteiger partial charge in [0.2, 0.25) is 17.2 Å². The minimum atomic E-state index is -0.0611. The molecule has 1 fully saturated rings. The zero-order valence-electron chi connectivity index (χ0n) is 12.5. The molecule has 0 saturated heterocycles. The Bertz CT molecular complexity index is 451. The maximum atomic E-state index is 9.71. The van der Waals surface area contributed by atoms with Crippen LogP contribution in [0, 0.1) is 5.41 Å². The Labute approximate surface area is 130 Å². The molecule has 0 atom stereocenters.